The number of carboxylic acid groups (broad SMARTS) is 1. The Morgan fingerprint density at radius 3 is 2.81 bits per heavy atom. The standard InChI is InChI=1S/C15H22N2O4/c1-3-7-16-14(18)11-17(2)8-9-21-13-6-4-5-12(10-13)15(19)20/h4-6,10H,3,7-9,11H2,1-2H3,(H,16,18)(H,19,20). The fourth-order valence-corrected chi connectivity index (χ4v) is 1.68. The highest BCUT2D eigenvalue weighted by molar-refractivity contribution is 5.88. The van der Waals surface area contributed by atoms with Gasteiger partial charge in [0.25, 0.3) is 0 Å². The molecule has 2 N–H and O–H groups in total. The van der Waals surface area contributed by atoms with Crippen molar-refractivity contribution in [1.82, 2.24) is 10.2 Å². The number of hydrogen-bond donors (Lipinski definition) is 2. The molecule has 0 bridgehead atoms. The number of carbonyl (C=O) groups excluding carboxylic acids is 1. The van der Waals surface area contributed by atoms with Gasteiger partial charge in [-0.05, 0) is 31.7 Å². The van der Waals surface area contributed by atoms with Crippen LogP contribution >= 0.6 is 0 Å². The zero-order valence-electron chi connectivity index (χ0n) is 12.5. The van der Waals surface area contributed by atoms with Crippen molar-refractivity contribution < 1.29 is 19.4 Å². The molecular formula is C15H22N2O4. The van der Waals surface area contributed by atoms with E-state index < -0.39 is 5.97 Å². The third-order valence-electron chi connectivity index (χ3n) is 2.81. The molecule has 1 aromatic rings. The number of likely N-dealkylation sites (N-methyl/N-ethyl adjacent to an activating group) is 1. The molecule has 1 amide bonds. The van der Waals surface area contributed by atoms with Crippen LogP contribution in [0.3, 0.4) is 0 Å². The minimum Gasteiger partial charge on any atom is -0.492 e. The molecule has 1 rings (SSSR count). The van der Waals surface area contributed by atoms with Crippen LogP contribution in [0, 0.1) is 0 Å². The van der Waals surface area contributed by atoms with Gasteiger partial charge in [-0.2, -0.15) is 0 Å². The van der Waals surface area contributed by atoms with Crippen molar-refractivity contribution in [3.8, 4) is 5.75 Å². The quantitative estimate of drug-likeness (QED) is 0.716. The van der Waals surface area contributed by atoms with E-state index in [4.69, 9.17) is 9.84 Å². The van der Waals surface area contributed by atoms with Crippen LogP contribution in [-0.4, -0.2) is 55.2 Å². The fraction of sp³-hybridized carbons (Fsp3) is 0.467. The maximum atomic E-state index is 11.5. The van der Waals surface area contributed by atoms with Crippen LogP contribution < -0.4 is 10.1 Å². The van der Waals surface area contributed by atoms with E-state index in [1.54, 1.807) is 12.1 Å². The first-order chi connectivity index (χ1) is 10.0. The molecule has 0 aliphatic rings. The monoisotopic (exact) mass is 294 g/mol. The molecule has 0 atom stereocenters. The van der Waals surface area contributed by atoms with E-state index in [2.05, 4.69) is 5.32 Å². The third kappa shape index (κ3) is 6.76. The Labute approximate surface area is 124 Å². The zero-order valence-corrected chi connectivity index (χ0v) is 12.5. The number of benzene rings is 1. The molecule has 21 heavy (non-hydrogen) atoms. The van der Waals surface area contributed by atoms with Crippen LogP contribution in [0.5, 0.6) is 5.75 Å². The summed E-state index contributed by atoms with van der Waals surface area (Å²) in [7, 11) is 1.84. The number of aromatic carboxylic acids is 1. The number of ether oxygens (including phenoxy) is 1. The summed E-state index contributed by atoms with van der Waals surface area (Å²) >= 11 is 0. The summed E-state index contributed by atoms with van der Waals surface area (Å²) in [6.07, 6.45) is 0.915. The van der Waals surface area contributed by atoms with Crippen molar-refractivity contribution in [3.05, 3.63) is 29.8 Å². The number of rotatable bonds is 9. The molecule has 0 unspecified atom stereocenters. The summed E-state index contributed by atoms with van der Waals surface area (Å²) < 4.78 is 5.49. The molecule has 6 nitrogen and oxygen atoms in total. The Hall–Kier alpha value is -2.08. The van der Waals surface area contributed by atoms with Gasteiger partial charge in [-0.1, -0.05) is 13.0 Å². The van der Waals surface area contributed by atoms with Crippen LogP contribution in [0.25, 0.3) is 0 Å². The molecule has 0 heterocycles. The second-order valence-electron chi connectivity index (χ2n) is 4.77. The van der Waals surface area contributed by atoms with Crippen molar-refractivity contribution in [3.63, 3.8) is 0 Å². The van der Waals surface area contributed by atoms with Gasteiger partial charge in [0.2, 0.25) is 5.91 Å². The van der Waals surface area contributed by atoms with E-state index in [0.29, 0.717) is 32.0 Å². The topological polar surface area (TPSA) is 78.9 Å². The largest absolute Gasteiger partial charge is 0.492 e. The predicted octanol–water partition coefficient (Wildman–Crippen LogP) is 1.22. The van der Waals surface area contributed by atoms with Crippen molar-refractivity contribution in [1.29, 1.82) is 0 Å². The lowest BCUT2D eigenvalue weighted by Crippen LogP contribution is -2.37. The van der Waals surface area contributed by atoms with Gasteiger partial charge in [-0.3, -0.25) is 9.69 Å². The number of hydrogen-bond acceptors (Lipinski definition) is 4. The van der Waals surface area contributed by atoms with Gasteiger partial charge in [0, 0.05) is 13.1 Å². The molecule has 0 aliphatic heterocycles. The molecule has 0 saturated carbocycles. The molecule has 6 heteroatoms. The fourth-order valence-electron chi connectivity index (χ4n) is 1.68. The lowest BCUT2D eigenvalue weighted by molar-refractivity contribution is -0.122. The highest BCUT2D eigenvalue weighted by Gasteiger charge is 2.07. The van der Waals surface area contributed by atoms with E-state index in [9.17, 15) is 9.59 Å². The average Bonchev–Trinajstić information content (AvgIpc) is 2.45. The first-order valence-corrected chi connectivity index (χ1v) is 6.94. The molecular weight excluding hydrogens is 272 g/mol. The summed E-state index contributed by atoms with van der Waals surface area (Å²) in [6.45, 7) is 3.98. The lowest BCUT2D eigenvalue weighted by Gasteiger charge is -2.16. The molecule has 0 fully saturated rings. The lowest BCUT2D eigenvalue weighted by atomic mass is 10.2. The molecule has 0 radical (unpaired) electrons. The number of carbonyl (C=O) groups is 2. The zero-order chi connectivity index (χ0) is 15.7. The molecule has 0 aromatic heterocycles. The van der Waals surface area contributed by atoms with E-state index in [0.717, 1.165) is 6.42 Å². The minimum absolute atomic E-state index is 0.00720. The number of nitrogens with zero attached hydrogens (tertiary/aromatic N) is 1. The number of carboxylic acids is 1. The molecule has 0 spiro atoms. The van der Waals surface area contributed by atoms with Crippen molar-refractivity contribution in [2.45, 2.75) is 13.3 Å². The third-order valence-corrected chi connectivity index (χ3v) is 2.81. The Morgan fingerprint density at radius 2 is 2.14 bits per heavy atom. The maximum absolute atomic E-state index is 11.5. The van der Waals surface area contributed by atoms with Gasteiger partial charge < -0.3 is 15.2 Å². The summed E-state index contributed by atoms with van der Waals surface area (Å²) in [5, 5.41) is 11.7. The van der Waals surface area contributed by atoms with Gasteiger partial charge >= 0.3 is 5.97 Å². The Balaban J connectivity index is 2.31. The van der Waals surface area contributed by atoms with Crippen LogP contribution in [0.2, 0.25) is 0 Å². The smallest absolute Gasteiger partial charge is 0.335 e. The van der Waals surface area contributed by atoms with Gasteiger partial charge in [-0.25, -0.2) is 4.79 Å². The Bertz CT molecular complexity index is 476. The van der Waals surface area contributed by atoms with Gasteiger partial charge in [0.05, 0.1) is 12.1 Å². The van der Waals surface area contributed by atoms with Crippen molar-refractivity contribution >= 4 is 11.9 Å². The van der Waals surface area contributed by atoms with Gasteiger partial charge in [-0.15, -0.1) is 0 Å². The van der Waals surface area contributed by atoms with Gasteiger partial charge in [0.15, 0.2) is 0 Å². The van der Waals surface area contributed by atoms with Crippen LogP contribution in [0.4, 0.5) is 0 Å². The number of nitrogens with one attached hydrogen (secondary N) is 1. The molecule has 116 valence electrons. The Kier molecular flexibility index (Phi) is 7.25. The van der Waals surface area contributed by atoms with E-state index in [-0.39, 0.29) is 11.5 Å². The van der Waals surface area contributed by atoms with Crippen LogP contribution in [0.15, 0.2) is 24.3 Å². The number of amides is 1. The average molecular weight is 294 g/mol. The first kappa shape index (κ1) is 17.0. The van der Waals surface area contributed by atoms with Crippen molar-refractivity contribution in [2.75, 3.05) is 33.3 Å². The normalized spacial score (nSPS) is 10.4. The second kappa shape index (κ2) is 8.97. The maximum Gasteiger partial charge on any atom is 0.335 e. The van der Waals surface area contributed by atoms with E-state index in [1.165, 1.54) is 12.1 Å². The summed E-state index contributed by atoms with van der Waals surface area (Å²) in [5.41, 5.74) is 0.194. The van der Waals surface area contributed by atoms with Crippen LogP contribution in [-0.2, 0) is 4.79 Å². The predicted molar refractivity (Wildman–Crippen MR) is 79.7 cm³/mol. The highest BCUT2D eigenvalue weighted by Crippen LogP contribution is 2.13. The van der Waals surface area contributed by atoms with Gasteiger partial charge in [0.1, 0.15) is 12.4 Å². The molecule has 1 aromatic carbocycles. The van der Waals surface area contributed by atoms with Crippen LogP contribution in [0.1, 0.15) is 23.7 Å². The molecule has 0 aliphatic carbocycles. The van der Waals surface area contributed by atoms with Crippen molar-refractivity contribution in [2.24, 2.45) is 0 Å². The second-order valence-corrected chi connectivity index (χ2v) is 4.77. The van der Waals surface area contributed by atoms with E-state index >= 15 is 0 Å². The SMILES string of the molecule is CCCNC(=O)CN(C)CCOc1cccc(C(=O)O)c1. The summed E-state index contributed by atoms with van der Waals surface area (Å²) in [6, 6.07) is 6.34. The summed E-state index contributed by atoms with van der Waals surface area (Å²) in [4.78, 5) is 24.2. The van der Waals surface area contributed by atoms with E-state index in [1.807, 2.05) is 18.9 Å². The summed E-state index contributed by atoms with van der Waals surface area (Å²) in [5.74, 6) is -0.476. The highest BCUT2D eigenvalue weighted by atomic mass is 16.5. The first-order valence-electron chi connectivity index (χ1n) is 6.94. The Morgan fingerprint density at radius 1 is 1.38 bits per heavy atom. The molecule has 0 saturated heterocycles. The minimum atomic E-state index is -0.981.